The molecule has 100 valence electrons. The van der Waals surface area contributed by atoms with Crippen molar-refractivity contribution in [2.45, 2.75) is 0 Å². The average Bonchev–Trinajstić information content (AvgIpc) is 2.39. The Morgan fingerprint density at radius 3 is 2.74 bits per heavy atom. The summed E-state index contributed by atoms with van der Waals surface area (Å²) < 4.78 is 13.1. The zero-order valence-corrected chi connectivity index (χ0v) is 10.7. The molecule has 5 nitrogen and oxygen atoms in total. The van der Waals surface area contributed by atoms with E-state index >= 15 is 0 Å². The van der Waals surface area contributed by atoms with Crippen molar-refractivity contribution in [2.75, 3.05) is 30.8 Å². The normalized spacial score (nSPS) is 10.2. The Labute approximate surface area is 111 Å². The molecule has 1 aromatic carbocycles. The predicted molar refractivity (Wildman–Crippen MR) is 74.1 cm³/mol. The minimum absolute atomic E-state index is 0.286. The maximum absolute atomic E-state index is 13.1. The van der Waals surface area contributed by atoms with Crippen LogP contribution in [0.1, 0.15) is 0 Å². The van der Waals surface area contributed by atoms with E-state index in [4.69, 9.17) is 0 Å². The molecule has 0 bridgehead atoms. The van der Waals surface area contributed by atoms with Gasteiger partial charge in [0.2, 0.25) is 0 Å². The van der Waals surface area contributed by atoms with Gasteiger partial charge in [-0.05, 0) is 25.2 Å². The standard InChI is InChI=1S/C13H16FN5/c1-15-5-6-16-12-8-13(18-9-17-12)19-11-4-2-3-10(14)7-11/h2-4,7-9,15H,5-6H2,1H3,(H2,16,17,18,19). The Kier molecular flexibility index (Phi) is 4.63. The van der Waals surface area contributed by atoms with Gasteiger partial charge in [0.25, 0.3) is 0 Å². The molecule has 0 fully saturated rings. The molecule has 0 amide bonds. The van der Waals surface area contributed by atoms with Crippen molar-refractivity contribution in [3.05, 3.63) is 42.5 Å². The van der Waals surface area contributed by atoms with E-state index in [-0.39, 0.29) is 5.82 Å². The lowest BCUT2D eigenvalue weighted by molar-refractivity contribution is 0.628. The van der Waals surface area contributed by atoms with Gasteiger partial charge < -0.3 is 16.0 Å². The van der Waals surface area contributed by atoms with Crippen molar-refractivity contribution in [3.63, 3.8) is 0 Å². The lowest BCUT2D eigenvalue weighted by Crippen LogP contribution is -2.18. The van der Waals surface area contributed by atoms with Crippen LogP contribution >= 0.6 is 0 Å². The van der Waals surface area contributed by atoms with Crippen molar-refractivity contribution in [1.29, 1.82) is 0 Å². The van der Waals surface area contributed by atoms with Crippen LogP contribution in [0.2, 0.25) is 0 Å². The lowest BCUT2D eigenvalue weighted by Gasteiger charge is -2.08. The Balaban J connectivity index is 2.02. The van der Waals surface area contributed by atoms with E-state index in [1.807, 2.05) is 7.05 Å². The molecule has 1 aromatic heterocycles. The fraction of sp³-hybridized carbons (Fsp3) is 0.231. The van der Waals surface area contributed by atoms with Crippen LogP contribution in [-0.2, 0) is 0 Å². The molecule has 19 heavy (non-hydrogen) atoms. The van der Waals surface area contributed by atoms with E-state index in [1.54, 1.807) is 18.2 Å². The van der Waals surface area contributed by atoms with E-state index in [0.717, 1.165) is 18.9 Å². The molecule has 0 saturated carbocycles. The summed E-state index contributed by atoms with van der Waals surface area (Å²) in [5, 5.41) is 9.22. The van der Waals surface area contributed by atoms with Gasteiger partial charge in [0.15, 0.2) is 0 Å². The van der Waals surface area contributed by atoms with Gasteiger partial charge in [0.05, 0.1) is 0 Å². The monoisotopic (exact) mass is 261 g/mol. The highest BCUT2D eigenvalue weighted by molar-refractivity contribution is 5.58. The fourth-order valence-electron chi connectivity index (χ4n) is 1.55. The van der Waals surface area contributed by atoms with Crippen LogP contribution in [0.5, 0.6) is 0 Å². The summed E-state index contributed by atoms with van der Waals surface area (Å²) in [7, 11) is 1.89. The van der Waals surface area contributed by atoms with Gasteiger partial charge in [-0.1, -0.05) is 6.07 Å². The first-order valence-corrected chi connectivity index (χ1v) is 6.01. The van der Waals surface area contributed by atoms with Gasteiger partial charge >= 0.3 is 0 Å². The molecule has 1 heterocycles. The summed E-state index contributed by atoms with van der Waals surface area (Å²) >= 11 is 0. The van der Waals surface area contributed by atoms with E-state index in [9.17, 15) is 4.39 Å². The molecule has 0 radical (unpaired) electrons. The molecule has 0 unspecified atom stereocenters. The molecule has 0 aliphatic rings. The molecule has 0 spiro atoms. The second kappa shape index (κ2) is 6.65. The van der Waals surface area contributed by atoms with E-state index in [0.29, 0.717) is 11.5 Å². The number of anilines is 3. The molecule has 0 aliphatic carbocycles. The highest BCUT2D eigenvalue weighted by Crippen LogP contribution is 2.16. The third kappa shape index (κ3) is 4.18. The third-order valence-electron chi connectivity index (χ3n) is 2.45. The van der Waals surface area contributed by atoms with Gasteiger partial charge in [-0.2, -0.15) is 0 Å². The number of nitrogens with one attached hydrogen (secondary N) is 3. The minimum atomic E-state index is -0.286. The van der Waals surface area contributed by atoms with Crippen molar-refractivity contribution in [1.82, 2.24) is 15.3 Å². The summed E-state index contributed by atoms with van der Waals surface area (Å²) in [6, 6.07) is 8.01. The number of likely N-dealkylation sites (N-methyl/N-ethyl adjacent to an activating group) is 1. The maximum atomic E-state index is 13.1. The van der Waals surface area contributed by atoms with Crippen molar-refractivity contribution in [3.8, 4) is 0 Å². The summed E-state index contributed by atoms with van der Waals surface area (Å²) in [5.41, 5.74) is 0.653. The minimum Gasteiger partial charge on any atom is -0.369 e. The SMILES string of the molecule is CNCCNc1cc(Nc2cccc(F)c2)ncn1. The van der Waals surface area contributed by atoms with Gasteiger partial charge in [-0.3, -0.25) is 0 Å². The van der Waals surface area contributed by atoms with Gasteiger partial charge in [-0.25, -0.2) is 14.4 Å². The molecule has 0 atom stereocenters. The maximum Gasteiger partial charge on any atom is 0.135 e. The summed E-state index contributed by atoms with van der Waals surface area (Å²) in [5.74, 6) is 1.06. The van der Waals surface area contributed by atoms with Crippen molar-refractivity contribution < 1.29 is 4.39 Å². The summed E-state index contributed by atoms with van der Waals surface area (Å²) in [4.78, 5) is 8.20. The third-order valence-corrected chi connectivity index (χ3v) is 2.45. The summed E-state index contributed by atoms with van der Waals surface area (Å²) in [6.07, 6.45) is 1.46. The first kappa shape index (κ1) is 13.2. The van der Waals surface area contributed by atoms with Crippen LogP contribution < -0.4 is 16.0 Å². The van der Waals surface area contributed by atoms with E-state index in [1.165, 1.54) is 18.5 Å². The van der Waals surface area contributed by atoms with E-state index < -0.39 is 0 Å². The second-order valence-electron chi connectivity index (χ2n) is 3.95. The van der Waals surface area contributed by atoms with E-state index in [2.05, 4.69) is 25.9 Å². The highest BCUT2D eigenvalue weighted by Gasteiger charge is 2.00. The second-order valence-corrected chi connectivity index (χ2v) is 3.95. The zero-order valence-electron chi connectivity index (χ0n) is 10.7. The smallest absolute Gasteiger partial charge is 0.135 e. The van der Waals surface area contributed by atoms with Crippen LogP contribution in [0.25, 0.3) is 0 Å². The number of hydrogen-bond donors (Lipinski definition) is 3. The fourth-order valence-corrected chi connectivity index (χ4v) is 1.55. The van der Waals surface area contributed by atoms with Crippen LogP contribution in [-0.4, -0.2) is 30.1 Å². The molecule has 0 aliphatic heterocycles. The highest BCUT2D eigenvalue weighted by atomic mass is 19.1. The molecular weight excluding hydrogens is 245 g/mol. The Bertz CT molecular complexity index is 532. The number of rotatable bonds is 6. The number of benzene rings is 1. The Morgan fingerprint density at radius 2 is 1.95 bits per heavy atom. The average molecular weight is 261 g/mol. The number of halogens is 1. The van der Waals surface area contributed by atoms with Crippen LogP contribution in [0.3, 0.4) is 0 Å². The number of nitrogens with zero attached hydrogens (tertiary/aromatic N) is 2. The molecule has 3 N–H and O–H groups in total. The quantitative estimate of drug-likeness (QED) is 0.694. The topological polar surface area (TPSA) is 61.9 Å². The largest absolute Gasteiger partial charge is 0.369 e. The molecule has 0 saturated heterocycles. The molecule has 6 heteroatoms. The van der Waals surface area contributed by atoms with Crippen molar-refractivity contribution >= 4 is 17.3 Å². The first-order valence-electron chi connectivity index (χ1n) is 6.01. The van der Waals surface area contributed by atoms with Gasteiger partial charge in [-0.15, -0.1) is 0 Å². The number of aromatic nitrogens is 2. The number of hydrogen-bond acceptors (Lipinski definition) is 5. The molecular formula is C13H16FN5. The molecule has 2 rings (SSSR count). The first-order chi connectivity index (χ1) is 9.28. The Morgan fingerprint density at radius 1 is 1.11 bits per heavy atom. The predicted octanol–water partition coefficient (Wildman–Crippen LogP) is 1.99. The Hall–Kier alpha value is -2.21. The lowest BCUT2D eigenvalue weighted by atomic mass is 10.3. The molecule has 2 aromatic rings. The van der Waals surface area contributed by atoms with Crippen LogP contribution in [0, 0.1) is 5.82 Å². The van der Waals surface area contributed by atoms with Crippen LogP contribution in [0.4, 0.5) is 21.7 Å². The summed E-state index contributed by atoms with van der Waals surface area (Å²) in [6.45, 7) is 1.61. The van der Waals surface area contributed by atoms with Gasteiger partial charge in [0, 0.05) is 24.8 Å². The van der Waals surface area contributed by atoms with Crippen molar-refractivity contribution in [2.24, 2.45) is 0 Å². The van der Waals surface area contributed by atoms with Crippen LogP contribution in [0.15, 0.2) is 36.7 Å². The zero-order chi connectivity index (χ0) is 13.5. The van der Waals surface area contributed by atoms with Gasteiger partial charge in [0.1, 0.15) is 23.8 Å².